The van der Waals surface area contributed by atoms with E-state index in [-0.39, 0.29) is 12.5 Å². The highest BCUT2D eigenvalue weighted by Crippen LogP contribution is 2.32. The second-order valence-corrected chi connectivity index (χ2v) is 7.04. The van der Waals surface area contributed by atoms with Gasteiger partial charge in [-0.25, -0.2) is 0 Å². The molecule has 0 unspecified atom stereocenters. The molecule has 140 valence electrons. The first-order chi connectivity index (χ1) is 12.4. The number of nitrogens with one attached hydrogen (secondary N) is 1. The molecule has 2 rings (SSSR count). The van der Waals surface area contributed by atoms with Gasteiger partial charge in [0.15, 0.2) is 0 Å². The number of thioether (sulfide) groups is 1. The van der Waals surface area contributed by atoms with Crippen molar-refractivity contribution in [2.45, 2.75) is 6.42 Å². The van der Waals surface area contributed by atoms with Gasteiger partial charge >= 0.3 is 0 Å². The van der Waals surface area contributed by atoms with Crippen molar-refractivity contribution in [3.05, 3.63) is 34.7 Å². The number of methoxy groups -OCH3 is 1. The van der Waals surface area contributed by atoms with Gasteiger partial charge < -0.3 is 15.0 Å². The van der Waals surface area contributed by atoms with Crippen molar-refractivity contribution < 1.29 is 19.1 Å². The average molecular weight is 377 g/mol. The molecule has 1 fully saturated rings. The van der Waals surface area contributed by atoms with Crippen LogP contribution in [0.1, 0.15) is 12.0 Å². The standard InChI is InChI=1S/C18H23N3O4S/c1-20(2)10-4-9-19-16(22)12-21-17(23)15(26-18(21)24)11-13-5-7-14(25-3)8-6-13/h5-8,11H,4,9-10,12H2,1-3H3,(H,19,22)/b15-11+. The second kappa shape index (κ2) is 9.40. The van der Waals surface area contributed by atoms with Crippen LogP contribution in [0.5, 0.6) is 5.75 Å². The third kappa shape index (κ3) is 5.60. The molecule has 0 radical (unpaired) electrons. The lowest BCUT2D eigenvalue weighted by Crippen LogP contribution is -2.40. The Morgan fingerprint density at radius 2 is 1.96 bits per heavy atom. The van der Waals surface area contributed by atoms with Gasteiger partial charge in [-0.15, -0.1) is 0 Å². The Kier molecular flexibility index (Phi) is 7.23. The summed E-state index contributed by atoms with van der Waals surface area (Å²) < 4.78 is 5.09. The van der Waals surface area contributed by atoms with E-state index in [9.17, 15) is 14.4 Å². The molecule has 1 aromatic rings. The highest BCUT2D eigenvalue weighted by atomic mass is 32.2. The third-order valence-electron chi connectivity index (χ3n) is 3.69. The Balaban J connectivity index is 1.93. The molecule has 3 amide bonds. The summed E-state index contributed by atoms with van der Waals surface area (Å²) in [4.78, 5) is 39.7. The van der Waals surface area contributed by atoms with Crippen LogP contribution in [0, 0.1) is 0 Å². The lowest BCUT2D eigenvalue weighted by atomic mass is 10.2. The summed E-state index contributed by atoms with van der Waals surface area (Å²) in [6.45, 7) is 1.11. The van der Waals surface area contributed by atoms with Gasteiger partial charge in [-0.2, -0.15) is 0 Å². The smallest absolute Gasteiger partial charge is 0.294 e. The Labute approximate surface area is 157 Å². The number of nitrogens with zero attached hydrogens (tertiary/aromatic N) is 2. The number of amides is 3. The number of imide groups is 1. The molecule has 8 heteroatoms. The summed E-state index contributed by atoms with van der Waals surface area (Å²) in [5, 5.41) is 2.30. The van der Waals surface area contributed by atoms with Crippen molar-refractivity contribution in [2.75, 3.05) is 40.8 Å². The fraction of sp³-hybridized carbons (Fsp3) is 0.389. The maximum Gasteiger partial charge on any atom is 0.294 e. The first kappa shape index (κ1) is 20.0. The van der Waals surface area contributed by atoms with Gasteiger partial charge in [0.2, 0.25) is 5.91 Å². The quantitative estimate of drug-likeness (QED) is 0.550. The number of ether oxygens (including phenoxy) is 1. The molecule has 1 aliphatic heterocycles. The molecule has 1 aliphatic rings. The predicted octanol–water partition coefficient (Wildman–Crippen LogP) is 1.80. The third-order valence-corrected chi connectivity index (χ3v) is 4.60. The average Bonchev–Trinajstić information content (AvgIpc) is 2.87. The Hall–Kier alpha value is -2.32. The van der Waals surface area contributed by atoms with Crippen LogP contribution in [0.2, 0.25) is 0 Å². The van der Waals surface area contributed by atoms with Crippen LogP contribution in [0.25, 0.3) is 6.08 Å². The first-order valence-corrected chi connectivity index (χ1v) is 9.03. The molecule has 26 heavy (non-hydrogen) atoms. The highest BCUT2D eigenvalue weighted by molar-refractivity contribution is 8.18. The second-order valence-electron chi connectivity index (χ2n) is 6.05. The lowest BCUT2D eigenvalue weighted by molar-refractivity contribution is -0.129. The van der Waals surface area contributed by atoms with Crippen molar-refractivity contribution in [3.8, 4) is 5.75 Å². The monoisotopic (exact) mass is 377 g/mol. The minimum atomic E-state index is -0.445. The van der Waals surface area contributed by atoms with E-state index in [0.717, 1.165) is 35.2 Å². The maximum atomic E-state index is 12.4. The fourth-order valence-corrected chi connectivity index (χ4v) is 3.15. The summed E-state index contributed by atoms with van der Waals surface area (Å²) in [6.07, 6.45) is 2.44. The summed E-state index contributed by atoms with van der Waals surface area (Å²) >= 11 is 0.841. The van der Waals surface area contributed by atoms with Crippen LogP contribution in [-0.2, 0) is 9.59 Å². The molecule has 1 N–H and O–H groups in total. The van der Waals surface area contributed by atoms with E-state index in [1.54, 1.807) is 37.5 Å². The lowest BCUT2D eigenvalue weighted by Gasteiger charge is -2.13. The van der Waals surface area contributed by atoms with E-state index in [0.29, 0.717) is 17.2 Å². The van der Waals surface area contributed by atoms with E-state index < -0.39 is 11.1 Å². The van der Waals surface area contributed by atoms with Crippen molar-refractivity contribution in [1.29, 1.82) is 0 Å². The van der Waals surface area contributed by atoms with Crippen LogP contribution in [0.15, 0.2) is 29.2 Å². The largest absolute Gasteiger partial charge is 0.497 e. The molecule has 0 aliphatic carbocycles. The first-order valence-electron chi connectivity index (χ1n) is 8.21. The van der Waals surface area contributed by atoms with E-state index in [4.69, 9.17) is 4.74 Å². The zero-order valence-corrected chi connectivity index (χ0v) is 16.0. The van der Waals surface area contributed by atoms with Crippen LogP contribution < -0.4 is 10.1 Å². The molecule has 0 saturated carbocycles. The van der Waals surface area contributed by atoms with Crippen molar-refractivity contribution >= 4 is 34.9 Å². The summed E-state index contributed by atoms with van der Waals surface area (Å²) in [6, 6.07) is 7.14. The summed E-state index contributed by atoms with van der Waals surface area (Å²) in [5.74, 6) is -0.0720. The van der Waals surface area contributed by atoms with Gasteiger partial charge in [0.05, 0.1) is 12.0 Å². The minimum Gasteiger partial charge on any atom is -0.497 e. The van der Waals surface area contributed by atoms with Gasteiger partial charge in [-0.1, -0.05) is 12.1 Å². The zero-order valence-electron chi connectivity index (χ0n) is 15.2. The van der Waals surface area contributed by atoms with Crippen molar-refractivity contribution in [1.82, 2.24) is 15.1 Å². The fourth-order valence-electron chi connectivity index (χ4n) is 2.31. The van der Waals surface area contributed by atoms with E-state index in [2.05, 4.69) is 5.32 Å². The molecule has 0 atom stereocenters. The van der Waals surface area contributed by atoms with Gasteiger partial charge in [-0.3, -0.25) is 19.3 Å². The van der Waals surface area contributed by atoms with Crippen LogP contribution in [0.4, 0.5) is 4.79 Å². The zero-order chi connectivity index (χ0) is 19.1. The van der Waals surface area contributed by atoms with Crippen LogP contribution in [0.3, 0.4) is 0 Å². The van der Waals surface area contributed by atoms with Gasteiger partial charge in [0.25, 0.3) is 11.1 Å². The predicted molar refractivity (Wildman–Crippen MR) is 102 cm³/mol. The summed E-state index contributed by atoms with van der Waals surface area (Å²) in [7, 11) is 5.49. The molecular formula is C18H23N3O4S. The molecular weight excluding hydrogens is 354 g/mol. The van der Waals surface area contributed by atoms with Crippen molar-refractivity contribution in [3.63, 3.8) is 0 Å². The molecule has 0 bridgehead atoms. The Morgan fingerprint density at radius 1 is 1.27 bits per heavy atom. The van der Waals surface area contributed by atoms with Gasteiger partial charge in [0, 0.05) is 6.54 Å². The van der Waals surface area contributed by atoms with Crippen molar-refractivity contribution in [2.24, 2.45) is 0 Å². The maximum absolute atomic E-state index is 12.4. The van der Waals surface area contributed by atoms with E-state index in [1.165, 1.54) is 0 Å². The Bertz CT molecular complexity index is 701. The molecule has 1 aromatic carbocycles. The number of benzene rings is 1. The summed E-state index contributed by atoms with van der Waals surface area (Å²) in [5.41, 5.74) is 0.782. The number of hydrogen-bond donors (Lipinski definition) is 1. The van der Waals surface area contributed by atoms with Gasteiger partial charge in [-0.05, 0) is 62.6 Å². The number of hydrogen-bond acceptors (Lipinski definition) is 6. The molecule has 0 aromatic heterocycles. The number of rotatable bonds is 8. The highest BCUT2D eigenvalue weighted by Gasteiger charge is 2.36. The minimum absolute atomic E-state index is 0.257. The van der Waals surface area contributed by atoms with Crippen LogP contribution in [-0.4, -0.2) is 67.7 Å². The molecule has 1 heterocycles. The molecule has 0 spiro atoms. The normalized spacial score (nSPS) is 15.8. The number of carbonyl (C=O) groups excluding carboxylic acids is 3. The topological polar surface area (TPSA) is 79.0 Å². The Morgan fingerprint density at radius 3 is 2.58 bits per heavy atom. The SMILES string of the molecule is COc1ccc(/C=C2/SC(=O)N(CC(=O)NCCCN(C)C)C2=O)cc1. The van der Waals surface area contributed by atoms with E-state index in [1.807, 2.05) is 19.0 Å². The van der Waals surface area contributed by atoms with Crippen LogP contribution >= 0.6 is 11.8 Å². The molecule has 1 saturated heterocycles. The number of carbonyl (C=O) groups is 3. The molecule has 7 nitrogen and oxygen atoms in total. The van der Waals surface area contributed by atoms with E-state index >= 15 is 0 Å². The van der Waals surface area contributed by atoms with Gasteiger partial charge in [0.1, 0.15) is 12.3 Å².